The van der Waals surface area contributed by atoms with E-state index in [-0.39, 0.29) is 54.2 Å². The van der Waals surface area contributed by atoms with E-state index < -0.39 is 17.0 Å². The number of aliphatic carboxylic acids is 1. The van der Waals surface area contributed by atoms with Crippen LogP contribution >= 0.6 is 0 Å². The van der Waals surface area contributed by atoms with Gasteiger partial charge in [0.25, 0.3) is 0 Å². The normalized spacial score (nSPS) is 45.5. The number of carbonyl (C=O) groups is 2. The van der Waals surface area contributed by atoms with Gasteiger partial charge in [-0.1, -0.05) is 25.5 Å². The quantitative estimate of drug-likeness (QED) is 0.432. The second-order valence-electron chi connectivity index (χ2n) is 11.7. The predicted octanol–water partition coefficient (Wildman–Crippen LogP) is 4.08. The van der Waals surface area contributed by atoms with Crippen molar-refractivity contribution in [2.75, 3.05) is 0 Å². The highest BCUT2D eigenvalue weighted by Gasteiger charge is 2.65. The maximum atomic E-state index is 13.3. The van der Waals surface area contributed by atoms with E-state index in [2.05, 4.69) is 19.9 Å². The molecule has 4 aliphatic carbocycles. The average molecular weight is 449 g/mol. The lowest BCUT2D eigenvalue weighted by Crippen LogP contribution is -2.57. The van der Waals surface area contributed by atoms with Crippen LogP contribution in [0.5, 0.6) is 0 Å². The number of hydrogen-bond acceptors (Lipinski definition) is 5. The molecule has 0 bridgehead atoms. The highest BCUT2D eigenvalue weighted by Crippen LogP contribution is 2.68. The van der Waals surface area contributed by atoms with Crippen LogP contribution in [-0.2, 0) is 14.3 Å². The Labute approximate surface area is 191 Å². The topological polar surface area (TPSA) is 104 Å². The van der Waals surface area contributed by atoms with E-state index in [1.165, 1.54) is 5.57 Å². The minimum Gasteiger partial charge on any atom is -0.481 e. The molecule has 3 N–H and O–H groups in total. The van der Waals surface area contributed by atoms with Crippen LogP contribution in [0.3, 0.4) is 0 Å². The summed E-state index contributed by atoms with van der Waals surface area (Å²) in [6.07, 6.45) is 7.24. The van der Waals surface area contributed by atoms with Crippen LogP contribution in [0.2, 0.25) is 0 Å². The lowest BCUT2D eigenvalue weighted by Gasteiger charge is -2.60. The van der Waals surface area contributed by atoms with Gasteiger partial charge in [-0.25, -0.2) is 0 Å². The maximum Gasteiger partial charge on any atom is 0.313 e. The molecule has 3 saturated carbocycles. The summed E-state index contributed by atoms with van der Waals surface area (Å²) in [5.74, 6) is -0.929. The Morgan fingerprint density at radius 2 is 1.81 bits per heavy atom. The van der Waals surface area contributed by atoms with E-state index in [0.29, 0.717) is 18.8 Å². The fraction of sp³-hybridized carbons (Fsp3) is 0.846. The van der Waals surface area contributed by atoms with E-state index in [4.69, 9.17) is 4.74 Å². The fourth-order valence-electron chi connectivity index (χ4n) is 8.04. The zero-order valence-corrected chi connectivity index (χ0v) is 20.0. The van der Waals surface area contributed by atoms with Crippen molar-refractivity contribution in [1.82, 2.24) is 0 Å². The van der Waals surface area contributed by atoms with Crippen LogP contribution in [0.15, 0.2) is 11.6 Å². The number of rotatable bonds is 5. The summed E-state index contributed by atoms with van der Waals surface area (Å²) in [5, 5.41) is 31.3. The lowest BCUT2D eigenvalue weighted by atomic mass is 9.45. The second-order valence-corrected chi connectivity index (χ2v) is 11.7. The number of esters is 1. The SMILES string of the molecule is CC(C)OC(=O)C1C=C2CC(O)CC[C@]2(C)[C@H]2CC[C@@]3(C)[C@@H](CC[C@]3(O)CCC(=O)O)[C@H]12. The second kappa shape index (κ2) is 8.12. The van der Waals surface area contributed by atoms with Crippen molar-refractivity contribution in [3.8, 4) is 0 Å². The van der Waals surface area contributed by atoms with Gasteiger partial charge in [-0.15, -0.1) is 0 Å². The summed E-state index contributed by atoms with van der Waals surface area (Å²) >= 11 is 0. The Morgan fingerprint density at radius 1 is 1.12 bits per heavy atom. The molecule has 0 saturated heterocycles. The molecule has 0 spiro atoms. The third-order valence-electron chi connectivity index (χ3n) is 9.83. The van der Waals surface area contributed by atoms with Gasteiger partial charge in [0.05, 0.1) is 23.7 Å². The molecule has 6 nitrogen and oxygen atoms in total. The van der Waals surface area contributed by atoms with Crippen LogP contribution < -0.4 is 0 Å². The molecule has 4 rings (SSSR count). The molecule has 0 aromatic carbocycles. The van der Waals surface area contributed by atoms with Gasteiger partial charge in [-0.05, 0) is 93.8 Å². The molecular weight excluding hydrogens is 408 g/mol. The van der Waals surface area contributed by atoms with Gasteiger partial charge in [0.2, 0.25) is 0 Å². The van der Waals surface area contributed by atoms with Gasteiger partial charge in [-0.2, -0.15) is 0 Å². The maximum absolute atomic E-state index is 13.3. The minimum atomic E-state index is -1.01. The van der Waals surface area contributed by atoms with Crippen molar-refractivity contribution in [2.45, 2.75) is 103 Å². The standard InChI is InChI=1S/C26H40O6/c1-15(2)32-23(30)18-14-16-13-17(27)5-9-24(16,3)19-6-10-25(4)20(22(18)19)7-11-26(25,31)12-8-21(28)29/h14-15,17-20,22,27,31H,5-13H2,1-4H3,(H,28,29)/t17?,18?,19-,20-,22+,24-,25-,26-/m0/s1. The number of carboxylic acids is 1. The highest BCUT2D eigenvalue weighted by molar-refractivity contribution is 5.76. The first kappa shape index (κ1) is 23.7. The summed E-state index contributed by atoms with van der Waals surface area (Å²) in [7, 11) is 0. The Morgan fingerprint density at radius 3 is 2.47 bits per heavy atom. The zero-order chi connectivity index (χ0) is 23.5. The largest absolute Gasteiger partial charge is 0.481 e. The van der Waals surface area contributed by atoms with Crippen LogP contribution in [0.4, 0.5) is 0 Å². The summed E-state index contributed by atoms with van der Waals surface area (Å²) < 4.78 is 5.70. The van der Waals surface area contributed by atoms with Gasteiger partial charge in [0, 0.05) is 6.42 Å². The Balaban J connectivity index is 1.74. The number of aliphatic hydroxyl groups excluding tert-OH is 1. The Kier molecular flexibility index (Phi) is 6.03. The predicted molar refractivity (Wildman–Crippen MR) is 120 cm³/mol. The third kappa shape index (κ3) is 3.62. The number of ether oxygens (including phenoxy) is 1. The number of carbonyl (C=O) groups excluding carboxylic acids is 1. The number of hydrogen-bond donors (Lipinski definition) is 3. The van der Waals surface area contributed by atoms with Crippen LogP contribution in [0, 0.1) is 34.5 Å². The summed E-state index contributed by atoms with van der Waals surface area (Å²) in [5.41, 5.74) is -0.260. The Hall–Kier alpha value is -1.40. The van der Waals surface area contributed by atoms with Gasteiger partial charge < -0.3 is 20.1 Å². The first-order valence-electron chi connectivity index (χ1n) is 12.5. The molecule has 2 unspecified atom stereocenters. The molecule has 0 heterocycles. The first-order valence-corrected chi connectivity index (χ1v) is 12.5. The van der Waals surface area contributed by atoms with E-state index in [1.807, 2.05) is 13.8 Å². The van der Waals surface area contributed by atoms with Crippen molar-refractivity contribution in [1.29, 1.82) is 0 Å². The molecule has 0 amide bonds. The molecule has 0 aromatic rings. The molecule has 6 heteroatoms. The molecule has 3 fully saturated rings. The summed E-state index contributed by atoms with van der Waals surface area (Å²) in [6, 6.07) is 0. The van der Waals surface area contributed by atoms with Crippen molar-refractivity contribution in [3.05, 3.63) is 11.6 Å². The number of carboxylic acid groups (broad SMARTS) is 1. The van der Waals surface area contributed by atoms with Crippen molar-refractivity contribution >= 4 is 11.9 Å². The number of fused-ring (bicyclic) bond motifs is 5. The minimum absolute atomic E-state index is 0.0363. The van der Waals surface area contributed by atoms with Gasteiger partial charge in [0.1, 0.15) is 0 Å². The van der Waals surface area contributed by atoms with E-state index in [9.17, 15) is 24.9 Å². The van der Waals surface area contributed by atoms with Crippen molar-refractivity contribution < 1.29 is 29.6 Å². The smallest absolute Gasteiger partial charge is 0.313 e. The van der Waals surface area contributed by atoms with E-state index in [0.717, 1.165) is 32.1 Å². The molecule has 32 heavy (non-hydrogen) atoms. The van der Waals surface area contributed by atoms with Gasteiger partial charge in [0.15, 0.2) is 0 Å². The molecule has 180 valence electrons. The van der Waals surface area contributed by atoms with Gasteiger partial charge in [-0.3, -0.25) is 9.59 Å². The third-order valence-corrected chi connectivity index (χ3v) is 9.83. The molecule has 0 radical (unpaired) electrons. The van der Waals surface area contributed by atoms with Crippen molar-refractivity contribution in [2.24, 2.45) is 34.5 Å². The van der Waals surface area contributed by atoms with Crippen LogP contribution in [-0.4, -0.2) is 45.1 Å². The van der Waals surface area contributed by atoms with Crippen molar-refractivity contribution in [3.63, 3.8) is 0 Å². The van der Waals surface area contributed by atoms with Crippen LogP contribution in [0.1, 0.15) is 85.5 Å². The summed E-state index contributed by atoms with van der Waals surface area (Å²) in [4.78, 5) is 24.6. The van der Waals surface area contributed by atoms with E-state index in [1.54, 1.807) is 0 Å². The van der Waals surface area contributed by atoms with E-state index >= 15 is 0 Å². The van der Waals surface area contributed by atoms with Gasteiger partial charge >= 0.3 is 11.9 Å². The molecule has 4 aliphatic rings. The molecular formula is C26H40O6. The first-order chi connectivity index (χ1) is 14.9. The molecule has 0 aromatic heterocycles. The average Bonchev–Trinajstić information content (AvgIpc) is 2.97. The van der Waals surface area contributed by atoms with Crippen LogP contribution in [0.25, 0.3) is 0 Å². The lowest BCUT2D eigenvalue weighted by molar-refractivity contribution is -0.167. The Bertz CT molecular complexity index is 804. The highest BCUT2D eigenvalue weighted by atomic mass is 16.5. The fourth-order valence-corrected chi connectivity index (χ4v) is 8.04. The zero-order valence-electron chi connectivity index (χ0n) is 20.0. The number of aliphatic hydroxyl groups is 2. The monoisotopic (exact) mass is 448 g/mol. The summed E-state index contributed by atoms with van der Waals surface area (Å²) in [6.45, 7) is 8.16. The molecule has 0 aliphatic heterocycles. The molecule has 8 atom stereocenters.